The lowest BCUT2D eigenvalue weighted by molar-refractivity contribution is 0.122. The largest absolute Gasteiger partial charge is 0.493 e. The minimum atomic E-state index is -2.18. The van der Waals surface area contributed by atoms with Crippen molar-refractivity contribution in [2.75, 3.05) is 7.11 Å². The lowest BCUT2D eigenvalue weighted by Gasteiger charge is -2.29. The molecular weight excluding hydrogens is 434 g/mol. The Balaban J connectivity index is 1.48. The van der Waals surface area contributed by atoms with Crippen LogP contribution >= 0.6 is 0 Å². The summed E-state index contributed by atoms with van der Waals surface area (Å²) in [6.45, 7) is 4.44. The molecule has 5 rings (SSSR count). The Morgan fingerprint density at radius 1 is 1.15 bits per heavy atom. The van der Waals surface area contributed by atoms with Gasteiger partial charge in [0.1, 0.15) is 6.33 Å². The molecule has 0 aliphatic heterocycles. The number of nitrogens with one attached hydrogen (secondary N) is 1. The van der Waals surface area contributed by atoms with Crippen LogP contribution in [-0.4, -0.2) is 33.1 Å². The molecule has 0 atom stereocenters. The van der Waals surface area contributed by atoms with Crippen molar-refractivity contribution in [3.8, 4) is 17.0 Å². The molecule has 0 bridgehead atoms. The number of aromatic nitrogens is 4. The quantitative estimate of drug-likeness (QED) is 0.310. The molecule has 4 aromatic rings. The Morgan fingerprint density at radius 3 is 2.65 bits per heavy atom. The van der Waals surface area contributed by atoms with Gasteiger partial charge in [-0.3, -0.25) is 0 Å². The van der Waals surface area contributed by atoms with Crippen LogP contribution in [0.4, 0.5) is 8.78 Å². The van der Waals surface area contributed by atoms with Crippen molar-refractivity contribution in [3.63, 3.8) is 0 Å². The van der Waals surface area contributed by atoms with E-state index in [0.29, 0.717) is 35.6 Å². The van der Waals surface area contributed by atoms with Gasteiger partial charge in [-0.15, -0.1) is 0 Å². The number of rotatable bonds is 7. The Hall–Kier alpha value is -2.96. The maximum Gasteiger partial charge on any atom is 0.238 e. The van der Waals surface area contributed by atoms with Crippen LogP contribution in [0.3, 0.4) is 0 Å². The fourth-order valence-electron chi connectivity index (χ4n) is 5.64. The fraction of sp³-hybridized carbons (Fsp3) is 0.481. The zero-order chi connectivity index (χ0) is 23.8. The van der Waals surface area contributed by atoms with Gasteiger partial charge >= 0.3 is 0 Å². The number of hydrogen-bond acceptors (Lipinski definition) is 3. The van der Waals surface area contributed by atoms with Gasteiger partial charge in [0, 0.05) is 29.1 Å². The molecule has 180 valence electrons. The van der Waals surface area contributed by atoms with Gasteiger partial charge in [-0.2, -0.15) is 5.10 Å². The van der Waals surface area contributed by atoms with Crippen LogP contribution in [-0.2, 0) is 0 Å². The van der Waals surface area contributed by atoms with Gasteiger partial charge in [0.25, 0.3) is 0 Å². The molecule has 1 aromatic carbocycles. The van der Waals surface area contributed by atoms with Crippen molar-refractivity contribution in [1.82, 2.24) is 19.6 Å². The third-order valence-corrected chi connectivity index (χ3v) is 7.40. The van der Waals surface area contributed by atoms with Crippen LogP contribution < -0.4 is 4.74 Å². The summed E-state index contributed by atoms with van der Waals surface area (Å²) < 4.78 is 32.5. The number of hydrogen-bond donors (Lipinski definition) is 1. The average molecular weight is 467 g/mol. The lowest BCUT2D eigenvalue weighted by atomic mass is 9.77. The number of halogens is 2. The van der Waals surface area contributed by atoms with E-state index >= 15 is 0 Å². The molecule has 3 aromatic heterocycles. The van der Waals surface area contributed by atoms with Crippen LogP contribution in [0, 0.1) is 5.92 Å². The molecule has 1 N–H and O–H groups in total. The van der Waals surface area contributed by atoms with Gasteiger partial charge in [-0.1, -0.05) is 19.9 Å². The number of pyridine rings is 1. The second-order valence-electron chi connectivity index (χ2n) is 9.88. The van der Waals surface area contributed by atoms with Crippen molar-refractivity contribution < 1.29 is 13.5 Å². The minimum absolute atomic E-state index is 0.0380. The van der Waals surface area contributed by atoms with E-state index in [1.165, 1.54) is 22.8 Å². The summed E-state index contributed by atoms with van der Waals surface area (Å²) in [4.78, 5) is 7.94. The van der Waals surface area contributed by atoms with Crippen molar-refractivity contribution >= 4 is 16.6 Å². The molecule has 1 aliphatic carbocycles. The zero-order valence-corrected chi connectivity index (χ0v) is 20.0. The molecule has 0 amide bonds. The molecule has 0 radical (unpaired) electrons. The third kappa shape index (κ3) is 4.28. The van der Waals surface area contributed by atoms with Gasteiger partial charge in [0.2, 0.25) is 6.43 Å². The molecule has 3 heterocycles. The number of fused-ring (bicyclic) bond motifs is 2. The number of alkyl halides is 2. The van der Waals surface area contributed by atoms with Crippen LogP contribution in [0.1, 0.15) is 75.3 Å². The topological polar surface area (TPSA) is 55.2 Å². The SMILES string of the molecule is COc1cc(-c2[nH]c3ccc(C4CCC(CCC(F)F)CC4)cc3c2C(C)C)cn2ncnc12. The Kier molecular flexibility index (Phi) is 6.28. The molecule has 1 saturated carbocycles. The number of H-pyrrole nitrogens is 1. The van der Waals surface area contributed by atoms with Crippen molar-refractivity contribution in [2.45, 2.75) is 70.6 Å². The maximum atomic E-state index is 12.6. The summed E-state index contributed by atoms with van der Waals surface area (Å²) >= 11 is 0. The predicted molar refractivity (Wildman–Crippen MR) is 131 cm³/mol. The average Bonchev–Trinajstić information content (AvgIpc) is 3.46. The van der Waals surface area contributed by atoms with Crippen molar-refractivity contribution in [1.29, 1.82) is 0 Å². The first-order valence-corrected chi connectivity index (χ1v) is 12.3. The summed E-state index contributed by atoms with van der Waals surface area (Å²) in [5, 5.41) is 5.57. The first kappa shape index (κ1) is 22.8. The third-order valence-electron chi connectivity index (χ3n) is 7.40. The number of benzene rings is 1. The lowest BCUT2D eigenvalue weighted by Crippen LogP contribution is -2.14. The van der Waals surface area contributed by atoms with Crippen molar-refractivity contribution in [2.24, 2.45) is 5.92 Å². The number of ether oxygens (including phenoxy) is 1. The Bertz CT molecular complexity index is 1280. The van der Waals surface area contributed by atoms with Crippen LogP contribution in [0.5, 0.6) is 5.75 Å². The van der Waals surface area contributed by atoms with Crippen molar-refractivity contribution in [3.05, 3.63) is 47.9 Å². The molecule has 0 saturated heterocycles. The summed E-state index contributed by atoms with van der Waals surface area (Å²) in [5.41, 5.74) is 6.54. The molecular formula is C27H32F2N4O. The second-order valence-corrected chi connectivity index (χ2v) is 9.88. The Morgan fingerprint density at radius 2 is 1.94 bits per heavy atom. The first-order valence-electron chi connectivity index (χ1n) is 12.3. The molecule has 1 fully saturated rings. The smallest absolute Gasteiger partial charge is 0.238 e. The van der Waals surface area contributed by atoms with Gasteiger partial charge in [-0.05, 0) is 79.2 Å². The summed E-state index contributed by atoms with van der Waals surface area (Å²) in [7, 11) is 1.65. The summed E-state index contributed by atoms with van der Waals surface area (Å²) in [6, 6.07) is 8.79. The fourth-order valence-corrected chi connectivity index (χ4v) is 5.64. The molecule has 34 heavy (non-hydrogen) atoms. The molecule has 5 nitrogen and oxygen atoms in total. The van der Waals surface area contributed by atoms with E-state index in [9.17, 15) is 8.78 Å². The Labute approximate surface area is 198 Å². The van der Waals surface area contributed by atoms with E-state index in [4.69, 9.17) is 4.74 Å². The highest BCUT2D eigenvalue weighted by molar-refractivity contribution is 5.92. The van der Waals surface area contributed by atoms with Crippen LogP contribution in [0.25, 0.3) is 27.8 Å². The predicted octanol–water partition coefficient (Wildman–Crippen LogP) is 7.33. The first-order chi connectivity index (χ1) is 16.4. The normalized spacial score (nSPS) is 19.0. The molecule has 0 spiro atoms. The number of methoxy groups -OCH3 is 1. The van der Waals surface area contributed by atoms with Gasteiger partial charge in [0.15, 0.2) is 11.4 Å². The number of aromatic amines is 1. The zero-order valence-electron chi connectivity index (χ0n) is 20.0. The van der Waals surface area contributed by atoms with Gasteiger partial charge in [0.05, 0.1) is 12.8 Å². The molecule has 0 unspecified atom stereocenters. The van der Waals surface area contributed by atoms with E-state index in [-0.39, 0.29) is 6.42 Å². The number of nitrogens with zero attached hydrogens (tertiary/aromatic N) is 3. The van der Waals surface area contributed by atoms with Gasteiger partial charge < -0.3 is 9.72 Å². The van der Waals surface area contributed by atoms with Gasteiger partial charge in [-0.25, -0.2) is 18.3 Å². The van der Waals surface area contributed by atoms with E-state index < -0.39 is 6.43 Å². The monoisotopic (exact) mass is 466 g/mol. The van der Waals surface area contributed by atoms with Crippen LogP contribution in [0.15, 0.2) is 36.8 Å². The maximum absolute atomic E-state index is 12.6. The highest BCUT2D eigenvalue weighted by atomic mass is 19.3. The summed E-state index contributed by atoms with van der Waals surface area (Å²) in [5.74, 6) is 1.95. The highest BCUT2D eigenvalue weighted by Gasteiger charge is 2.25. The van der Waals surface area contributed by atoms with E-state index in [2.05, 4.69) is 47.1 Å². The minimum Gasteiger partial charge on any atom is -0.493 e. The molecule has 7 heteroatoms. The highest BCUT2D eigenvalue weighted by Crippen LogP contribution is 2.41. The second kappa shape index (κ2) is 9.35. The standard InChI is InChI=1S/C27H32F2N4O/c1-16(2)25-21-12-19(18-7-4-17(5-8-18)6-11-24(28)29)9-10-22(21)32-26(25)20-13-23(34-3)27-30-15-31-33(27)14-20/h9-10,12-18,24,32H,4-8,11H2,1-3H3. The van der Waals surface area contributed by atoms with E-state index in [1.54, 1.807) is 11.6 Å². The summed E-state index contributed by atoms with van der Waals surface area (Å²) in [6.07, 6.45) is 6.28. The van der Waals surface area contributed by atoms with E-state index in [1.807, 2.05) is 12.3 Å². The van der Waals surface area contributed by atoms with Crippen LogP contribution in [0.2, 0.25) is 0 Å². The van der Waals surface area contributed by atoms with E-state index in [0.717, 1.165) is 42.5 Å². The molecule has 1 aliphatic rings.